The standard InChI is InChI=1S/C12H19NO4/c1-5-17-12(16)10-8(3)13(9(4)14)6-7(2)11(10)15/h7-8,10H,5-6H2,1-4H3. The van der Waals surface area contributed by atoms with Gasteiger partial charge in [-0.05, 0) is 13.8 Å². The van der Waals surface area contributed by atoms with Crippen LogP contribution in [0.2, 0.25) is 0 Å². The summed E-state index contributed by atoms with van der Waals surface area (Å²) < 4.78 is 4.90. The van der Waals surface area contributed by atoms with Crippen LogP contribution in [0.1, 0.15) is 27.7 Å². The van der Waals surface area contributed by atoms with Gasteiger partial charge < -0.3 is 9.64 Å². The lowest BCUT2D eigenvalue weighted by Crippen LogP contribution is -2.56. The molecule has 5 nitrogen and oxygen atoms in total. The van der Waals surface area contributed by atoms with E-state index in [1.165, 1.54) is 6.92 Å². The Balaban J connectivity index is 2.95. The van der Waals surface area contributed by atoms with Gasteiger partial charge >= 0.3 is 5.97 Å². The summed E-state index contributed by atoms with van der Waals surface area (Å²) in [5.74, 6) is -1.94. The van der Waals surface area contributed by atoms with E-state index in [1.807, 2.05) is 0 Å². The highest BCUT2D eigenvalue weighted by Gasteiger charge is 2.44. The zero-order valence-electron chi connectivity index (χ0n) is 10.7. The van der Waals surface area contributed by atoms with E-state index in [4.69, 9.17) is 4.74 Å². The fraction of sp³-hybridized carbons (Fsp3) is 0.750. The van der Waals surface area contributed by atoms with Gasteiger partial charge in [-0.3, -0.25) is 14.4 Å². The van der Waals surface area contributed by atoms with Gasteiger partial charge in [0, 0.05) is 25.4 Å². The minimum Gasteiger partial charge on any atom is -0.465 e. The minimum absolute atomic E-state index is 0.119. The van der Waals surface area contributed by atoms with Crippen molar-refractivity contribution in [2.45, 2.75) is 33.7 Å². The van der Waals surface area contributed by atoms with Gasteiger partial charge in [-0.15, -0.1) is 0 Å². The van der Waals surface area contributed by atoms with Crippen molar-refractivity contribution < 1.29 is 19.1 Å². The maximum Gasteiger partial charge on any atom is 0.318 e. The molecule has 0 aromatic heterocycles. The van der Waals surface area contributed by atoms with Crippen LogP contribution in [0.25, 0.3) is 0 Å². The van der Waals surface area contributed by atoms with E-state index >= 15 is 0 Å². The number of ether oxygens (including phenoxy) is 1. The Labute approximate surface area is 101 Å². The second-order valence-electron chi connectivity index (χ2n) is 4.45. The lowest BCUT2D eigenvalue weighted by atomic mass is 9.83. The third-order valence-electron chi connectivity index (χ3n) is 3.18. The summed E-state index contributed by atoms with van der Waals surface area (Å²) in [7, 11) is 0. The van der Waals surface area contributed by atoms with E-state index in [1.54, 1.807) is 25.7 Å². The first-order chi connectivity index (χ1) is 7.90. The third-order valence-corrected chi connectivity index (χ3v) is 3.18. The molecule has 0 spiro atoms. The number of amides is 1. The molecule has 17 heavy (non-hydrogen) atoms. The molecule has 3 atom stereocenters. The van der Waals surface area contributed by atoms with Gasteiger partial charge in [0.2, 0.25) is 5.91 Å². The first kappa shape index (κ1) is 13.7. The number of Topliss-reactive ketones (excluding diaryl/α,β-unsaturated/α-hetero) is 1. The molecule has 1 heterocycles. The number of nitrogens with zero attached hydrogens (tertiary/aromatic N) is 1. The van der Waals surface area contributed by atoms with E-state index < -0.39 is 17.9 Å². The first-order valence-electron chi connectivity index (χ1n) is 5.87. The van der Waals surface area contributed by atoms with Gasteiger partial charge in [0.15, 0.2) is 5.78 Å². The number of carbonyl (C=O) groups excluding carboxylic acids is 3. The molecule has 1 aliphatic heterocycles. The van der Waals surface area contributed by atoms with Gasteiger partial charge in [0.25, 0.3) is 0 Å². The number of ketones is 1. The van der Waals surface area contributed by atoms with E-state index in [-0.39, 0.29) is 24.2 Å². The van der Waals surface area contributed by atoms with Crippen molar-refractivity contribution in [2.24, 2.45) is 11.8 Å². The third kappa shape index (κ3) is 2.65. The molecule has 1 aliphatic rings. The molecular formula is C12H19NO4. The van der Waals surface area contributed by atoms with Crippen molar-refractivity contribution in [1.82, 2.24) is 4.90 Å². The molecule has 0 aromatic carbocycles. The second-order valence-corrected chi connectivity index (χ2v) is 4.45. The highest BCUT2D eigenvalue weighted by atomic mass is 16.5. The Morgan fingerprint density at radius 1 is 1.41 bits per heavy atom. The monoisotopic (exact) mass is 241 g/mol. The zero-order chi connectivity index (χ0) is 13.2. The van der Waals surface area contributed by atoms with E-state index in [0.29, 0.717) is 6.54 Å². The Morgan fingerprint density at radius 2 is 2.00 bits per heavy atom. The maximum atomic E-state index is 12.0. The average molecular weight is 241 g/mol. The number of esters is 1. The fourth-order valence-corrected chi connectivity index (χ4v) is 2.24. The summed E-state index contributed by atoms with van der Waals surface area (Å²) in [6, 6.07) is -0.421. The molecule has 0 radical (unpaired) electrons. The first-order valence-corrected chi connectivity index (χ1v) is 5.87. The quantitative estimate of drug-likeness (QED) is 0.525. The van der Waals surface area contributed by atoms with E-state index in [2.05, 4.69) is 0 Å². The maximum absolute atomic E-state index is 12.0. The molecule has 5 heteroatoms. The Morgan fingerprint density at radius 3 is 2.47 bits per heavy atom. The highest BCUT2D eigenvalue weighted by molar-refractivity contribution is 6.02. The van der Waals surface area contributed by atoms with Crippen LogP contribution in [0.3, 0.4) is 0 Å². The molecule has 96 valence electrons. The minimum atomic E-state index is -0.845. The zero-order valence-corrected chi connectivity index (χ0v) is 10.7. The van der Waals surface area contributed by atoms with Crippen molar-refractivity contribution in [2.75, 3.05) is 13.2 Å². The summed E-state index contributed by atoms with van der Waals surface area (Å²) in [4.78, 5) is 36.7. The largest absolute Gasteiger partial charge is 0.465 e. The van der Waals surface area contributed by atoms with Crippen LogP contribution >= 0.6 is 0 Å². The Bertz CT molecular complexity index is 339. The molecule has 1 amide bonds. The SMILES string of the molecule is CCOC(=O)C1C(=O)C(C)CN(C(C)=O)C1C. The highest BCUT2D eigenvalue weighted by Crippen LogP contribution is 2.25. The van der Waals surface area contributed by atoms with Crippen LogP contribution in [-0.2, 0) is 19.1 Å². The van der Waals surface area contributed by atoms with Crippen molar-refractivity contribution >= 4 is 17.7 Å². The molecule has 1 rings (SSSR count). The summed E-state index contributed by atoms with van der Waals surface area (Å²) in [5.41, 5.74) is 0. The number of carbonyl (C=O) groups is 3. The van der Waals surface area contributed by atoms with Gasteiger partial charge in [-0.25, -0.2) is 0 Å². The Hall–Kier alpha value is -1.39. The predicted molar refractivity (Wildman–Crippen MR) is 61.1 cm³/mol. The molecular weight excluding hydrogens is 222 g/mol. The summed E-state index contributed by atoms with van der Waals surface area (Å²) >= 11 is 0. The number of piperidine rings is 1. The Kier molecular flexibility index (Phi) is 4.26. The van der Waals surface area contributed by atoms with Crippen LogP contribution in [0.15, 0.2) is 0 Å². The van der Waals surface area contributed by atoms with Crippen LogP contribution in [0, 0.1) is 11.8 Å². The van der Waals surface area contributed by atoms with Crippen molar-refractivity contribution in [1.29, 1.82) is 0 Å². The molecule has 0 bridgehead atoms. The summed E-state index contributed by atoms with van der Waals surface area (Å²) in [5, 5.41) is 0. The molecule has 1 saturated heterocycles. The van der Waals surface area contributed by atoms with Gasteiger partial charge in [0.05, 0.1) is 6.61 Å². The van der Waals surface area contributed by atoms with Crippen LogP contribution in [0.5, 0.6) is 0 Å². The number of hydrogen-bond acceptors (Lipinski definition) is 4. The summed E-state index contributed by atoms with van der Waals surface area (Å²) in [6.07, 6.45) is 0. The average Bonchev–Trinajstić information content (AvgIpc) is 2.23. The van der Waals surface area contributed by atoms with Gasteiger partial charge in [-0.1, -0.05) is 6.92 Å². The molecule has 0 aromatic rings. The molecule has 0 N–H and O–H groups in total. The number of rotatable bonds is 2. The van der Waals surface area contributed by atoms with Crippen LogP contribution in [0.4, 0.5) is 0 Å². The van der Waals surface area contributed by atoms with Crippen molar-refractivity contribution in [3.8, 4) is 0 Å². The predicted octanol–water partition coefficient (Wildman–Crippen LogP) is 0.621. The van der Waals surface area contributed by atoms with Crippen LogP contribution in [-0.4, -0.2) is 41.8 Å². The van der Waals surface area contributed by atoms with E-state index in [0.717, 1.165) is 0 Å². The topological polar surface area (TPSA) is 63.7 Å². The number of likely N-dealkylation sites (tertiary alicyclic amines) is 1. The normalized spacial score (nSPS) is 29.1. The lowest BCUT2D eigenvalue weighted by Gasteiger charge is -2.39. The molecule has 1 fully saturated rings. The van der Waals surface area contributed by atoms with Gasteiger partial charge in [-0.2, -0.15) is 0 Å². The molecule has 3 unspecified atom stereocenters. The second kappa shape index (κ2) is 5.29. The van der Waals surface area contributed by atoms with Crippen molar-refractivity contribution in [3.63, 3.8) is 0 Å². The van der Waals surface area contributed by atoms with E-state index in [9.17, 15) is 14.4 Å². The fourth-order valence-electron chi connectivity index (χ4n) is 2.24. The van der Waals surface area contributed by atoms with Crippen molar-refractivity contribution in [3.05, 3.63) is 0 Å². The molecule has 0 saturated carbocycles. The number of hydrogen-bond donors (Lipinski definition) is 0. The summed E-state index contributed by atoms with van der Waals surface area (Å²) in [6.45, 7) is 7.21. The smallest absolute Gasteiger partial charge is 0.318 e. The van der Waals surface area contributed by atoms with Gasteiger partial charge in [0.1, 0.15) is 5.92 Å². The molecule has 0 aliphatic carbocycles. The van der Waals surface area contributed by atoms with Crippen LogP contribution < -0.4 is 0 Å². The lowest BCUT2D eigenvalue weighted by molar-refractivity contribution is -0.160.